The van der Waals surface area contributed by atoms with Gasteiger partial charge in [-0.15, -0.1) is 0 Å². The summed E-state index contributed by atoms with van der Waals surface area (Å²) in [6.45, 7) is 0.634. The van der Waals surface area contributed by atoms with Crippen molar-refractivity contribution in [2.45, 2.75) is 5.92 Å². The number of nitrogens with one attached hydrogen (secondary N) is 1. The van der Waals surface area contributed by atoms with Crippen LogP contribution >= 0.6 is 0 Å². The molecular weight excluding hydrogens is 238 g/mol. The maximum atomic E-state index is 5.79. The number of hydrogen-bond acceptors (Lipinski definition) is 3. The van der Waals surface area contributed by atoms with Crippen LogP contribution in [0.3, 0.4) is 0 Å². The van der Waals surface area contributed by atoms with Crippen LogP contribution in [0.25, 0.3) is 11.0 Å². The second-order valence-electron chi connectivity index (χ2n) is 4.80. The van der Waals surface area contributed by atoms with Crippen LogP contribution in [0.4, 0.5) is 5.69 Å². The number of hydrogen-bond donors (Lipinski definition) is 2. The van der Waals surface area contributed by atoms with Crippen molar-refractivity contribution >= 4 is 16.7 Å². The van der Waals surface area contributed by atoms with E-state index in [0.717, 1.165) is 28.3 Å². The molecule has 0 saturated heterocycles. The molecule has 0 radical (unpaired) electrons. The molecule has 4 rings (SSSR count). The molecule has 1 aromatic heterocycles. The first-order valence-electron chi connectivity index (χ1n) is 6.28. The molecule has 94 valence electrons. The van der Waals surface area contributed by atoms with Crippen molar-refractivity contribution in [1.82, 2.24) is 9.97 Å². The number of anilines is 1. The molecule has 1 aliphatic heterocycles. The van der Waals surface area contributed by atoms with E-state index in [-0.39, 0.29) is 5.92 Å². The van der Waals surface area contributed by atoms with E-state index in [1.54, 1.807) is 0 Å². The van der Waals surface area contributed by atoms with Crippen LogP contribution in [0.15, 0.2) is 42.5 Å². The summed E-state index contributed by atoms with van der Waals surface area (Å²) < 4.78 is 5.70. The van der Waals surface area contributed by atoms with Gasteiger partial charge < -0.3 is 15.5 Å². The van der Waals surface area contributed by atoms with Gasteiger partial charge in [0.25, 0.3) is 0 Å². The molecule has 3 N–H and O–H groups in total. The van der Waals surface area contributed by atoms with E-state index in [1.165, 1.54) is 5.56 Å². The number of nitrogens with two attached hydrogens (primary N) is 1. The summed E-state index contributed by atoms with van der Waals surface area (Å²) in [5, 5.41) is 0. The number of nitrogen functional groups attached to an aromatic ring is 1. The number of H-pyrrole nitrogens is 1. The molecule has 0 aliphatic carbocycles. The molecule has 2 heterocycles. The van der Waals surface area contributed by atoms with Crippen LogP contribution in [0.5, 0.6) is 5.75 Å². The number of rotatable bonds is 1. The summed E-state index contributed by atoms with van der Waals surface area (Å²) in [6.07, 6.45) is 0. The van der Waals surface area contributed by atoms with Crippen molar-refractivity contribution in [2.75, 3.05) is 12.3 Å². The summed E-state index contributed by atoms with van der Waals surface area (Å²) in [4.78, 5) is 7.99. The number of aromatic amines is 1. The van der Waals surface area contributed by atoms with Crippen molar-refractivity contribution in [1.29, 1.82) is 0 Å². The van der Waals surface area contributed by atoms with Crippen LogP contribution in [-0.4, -0.2) is 16.6 Å². The van der Waals surface area contributed by atoms with E-state index < -0.39 is 0 Å². The third-order valence-corrected chi connectivity index (χ3v) is 3.55. The van der Waals surface area contributed by atoms with Crippen LogP contribution in [0, 0.1) is 0 Å². The van der Waals surface area contributed by atoms with E-state index in [4.69, 9.17) is 10.5 Å². The monoisotopic (exact) mass is 251 g/mol. The van der Waals surface area contributed by atoms with E-state index >= 15 is 0 Å². The van der Waals surface area contributed by atoms with Gasteiger partial charge in [0, 0.05) is 11.3 Å². The van der Waals surface area contributed by atoms with Crippen molar-refractivity contribution < 1.29 is 4.74 Å². The molecule has 4 heteroatoms. The Kier molecular flexibility index (Phi) is 2.06. The molecule has 3 aromatic rings. The standard InChI is InChI=1S/C15H13N3O/c16-9-5-6-12-13(7-9)18-15(17-12)11-8-19-14-4-2-1-3-10(11)14/h1-7,11H,8,16H2,(H,17,18). The zero-order valence-corrected chi connectivity index (χ0v) is 10.3. The smallest absolute Gasteiger partial charge is 0.123 e. The summed E-state index contributed by atoms with van der Waals surface area (Å²) in [5.41, 5.74) is 9.63. The van der Waals surface area contributed by atoms with Crippen molar-refractivity contribution in [3.8, 4) is 5.75 Å². The number of ether oxygens (including phenoxy) is 1. The fourth-order valence-corrected chi connectivity index (χ4v) is 2.60. The second kappa shape index (κ2) is 3.75. The van der Waals surface area contributed by atoms with Gasteiger partial charge in [0.1, 0.15) is 18.2 Å². The zero-order chi connectivity index (χ0) is 12.8. The quantitative estimate of drug-likeness (QED) is 0.653. The Bertz CT molecular complexity index is 763. The molecule has 19 heavy (non-hydrogen) atoms. The van der Waals surface area contributed by atoms with Gasteiger partial charge >= 0.3 is 0 Å². The molecule has 2 aromatic carbocycles. The maximum Gasteiger partial charge on any atom is 0.123 e. The fourth-order valence-electron chi connectivity index (χ4n) is 2.60. The highest BCUT2D eigenvalue weighted by Gasteiger charge is 2.27. The predicted molar refractivity (Wildman–Crippen MR) is 74.3 cm³/mol. The number of fused-ring (bicyclic) bond motifs is 2. The summed E-state index contributed by atoms with van der Waals surface area (Å²) >= 11 is 0. The van der Waals surface area contributed by atoms with Crippen LogP contribution in [0.2, 0.25) is 0 Å². The molecule has 1 unspecified atom stereocenters. The number of benzene rings is 2. The highest BCUT2D eigenvalue weighted by molar-refractivity contribution is 5.79. The second-order valence-corrected chi connectivity index (χ2v) is 4.80. The van der Waals surface area contributed by atoms with Crippen molar-refractivity contribution in [2.24, 2.45) is 0 Å². The lowest BCUT2D eigenvalue weighted by Crippen LogP contribution is -2.04. The van der Waals surface area contributed by atoms with Crippen molar-refractivity contribution in [3.05, 3.63) is 53.9 Å². The van der Waals surface area contributed by atoms with E-state index in [0.29, 0.717) is 6.61 Å². The minimum atomic E-state index is 0.171. The Hall–Kier alpha value is -2.49. The Morgan fingerprint density at radius 2 is 2.11 bits per heavy atom. The van der Waals surface area contributed by atoms with Gasteiger partial charge in [0.15, 0.2) is 0 Å². The highest BCUT2D eigenvalue weighted by atomic mass is 16.5. The normalized spacial score (nSPS) is 17.4. The molecule has 1 aliphatic rings. The largest absolute Gasteiger partial charge is 0.492 e. The van der Waals surface area contributed by atoms with Gasteiger partial charge in [-0.1, -0.05) is 18.2 Å². The highest BCUT2D eigenvalue weighted by Crippen LogP contribution is 2.37. The van der Waals surface area contributed by atoms with E-state index in [1.807, 2.05) is 36.4 Å². The summed E-state index contributed by atoms with van der Waals surface area (Å²) in [7, 11) is 0. The summed E-state index contributed by atoms with van der Waals surface area (Å²) in [5.74, 6) is 2.06. The molecule has 0 spiro atoms. The molecule has 0 amide bonds. The lowest BCUT2D eigenvalue weighted by molar-refractivity contribution is 0.340. The molecular formula is C15H13N3O. The van der Waals surface area contributed by atoms with Gasteiger partial charge in [0.2, 0.25) is 0 Å². The average Bonchev–Trinajstić information content (AvgIpc) is 3.00. The van der Waals surface area contributed by atoms with Crippen LogP contribution in [0.1, 0.15) is 17.3 Å². The lowest BCUT2D eigenvalue weighted by atomic mass is 10.0. The van der Waals surface area contributed by atoms with E-state index in [2.05, 4.69) is 16.0 Å². The molecule has 1 atom stereocenters. The van der Waals surface area contributed by atoms with Gasteiger partial charge in [-0.2, -0.15) is 0 Å². The molecule has 0 saturated carbocycles. The topological polar surface area (TPSA) is 63.9 Å². The van der Waals surface area contributed by atoms with Crippen molar-refractivity contribution in [3.63, 3.8) is 0 Å². The molecule has 0 fully saturated rings. The minimum absolute atomic E-state index is 0.171. The van der Waals surface area contributed by atoms with E-state index in [9.17, 15) is 0 Å². The van der Waals surface area contributed by atoms with Gasteiger partial charge in [-0.05, 0) is 24.3 Å². The number of para-hydroxylation sites is 1. The molecule has 4 nitrogen and oxygen atoms in total. The first-order valence-corrected chi connectivity index (χ1v) is 6.28. The van der Waals surface area contributed by atoms with Gasteiger partial charge in [0.05, 0.1) is 17.0 Å². The first kappa shape index (κ1) is 10.4. The summed E-state index contributed by atoms with van der Waals surface area (Å²) in [6, 6.07) is 13.8. The Labute approximate surface area is 110 Å². The zero-order valence-electron chi connectivity index (χ0n) is 10.3. The average molecular weight is 251 g/mol. The Morgan fingerprint density at radius 1 is 1.21 bits per heavy atom. The third kappa shape index (κ3) is 1.57. The Morgan fingerprint density at radius 3 is 3.05 bits per heavy atom. The van der Waals surface area contributed by atoms with Gasteiger partial charge in [-0.25, -0.2) is 4.98 Å². The number of aromatic nitrogens is 2. The maximum absolute atomic E-state index is 5.79. The predicted octanol–water partition coefficient (Wildman–Crippen LogP) is 2.67. The lowest BCUT2D eigenvalue weighted by Gasteiger charge is -2.03. The fraction of sp³-hybridized carbons (Fsp3) is 0.133. The Balaban J connectivity index is 1.83. The first-order chi connectivity index (χ1) is 9.31. The van der Waals surface area contributed by atoms with Gasteiger partial charge in [-0.3, -0.25) is 0 Å². The number of imidazole rings is 1. The molecule has 0 bridgehead atoms. The van der Waals surface area contributed by atoms with Crippen LogP contribution in [-0.2, 0) is 0 Å². The van der Waals surface area contributed by atoms with Crippen LogP contribution < -0.4 is 10.5 Å². The SMILES string of the molecule is Nc1ccc2nc(C3COc4ccccc43)[nH]c2c1. The third-order valence-electron chi connectivity index (χ3n) is 3.55. The number of nitrogens with zero attached hydrogens (tertiary/aromatic N) is 1. The minimum Gasteiger partial charge on any atom is -0.492 e.